The number of amides is 1. The number of anilines is 1. The second-order valence-electron chi connectivity index (χ2n) is 7.74. The van der Waals surface area contributed by atoms with Gasteiger partial charge >= 0.3 is 0 Å². The van der Waals surface area contributed by atoms with Crippen LogP contribution in [-0.2, 0) is 17.9 Å². The van der Waals surface area contributed by atoms with Crippen molar-refractivity contribution in [3.63, 3.8) is 0 Å². The number of hydrogen-bond donors (Lipinski definition) is 1. The van der Waals surface area contributed by atoms with Gasteiger partial charge in [0.15, 0.2) is 11.0 Å². The van der Waals surface area contributed by atoms with Gasteiger partial charge in [-0.1, -0.05) is 41.6 Å². The van der Waals surface area contributed by atoms with Crippen molar-refractivity contribution >= 4 is 23.4 Å². The van der Waals surface area contributed by atoms with Crippen molar-refractivity contribution in [3.05, 3.63) is 64.0 Å². The standard InChI is InChI=1S/C24H30N4O2S/c1-7-28-21(13-30-20-10-8-9-16(3)19(20)6)26-27-24(28)31-14-22(29)25-23-17(4)11-15(2)12-18(23)5/h8-12H,7,13-14H2,1-6H3,(H,25,29). The van der Waals surface area contributed by atoms with Crippen LogP contribution in [-0.4, -0.2) is 26.4 Å². The number of carbonyl (C=O) groups is 1. The molecule has 0 saturated carbocycles. The molecule has 1 aromatic heterocycles. The molecule has 1 N–H and O–H groups in total. The number of aryl methyl sites for hydroxylation is 4. The van der Waals surface area contributed by atoms with E-state index in [4.69, 9.17) is 4.74 Å². The molecule has 6 nitrogen and oxygen atoms in total. The van der Waals surface area contributed by atoms with Gasteiger partial charge in [0.05, 0.1) is 5.75 Å². The Kier molecular flexibility index (Phi) is 7.38. The highest BCUT2D eigenvalue weighted by molar-refractivity contribution is 7.99. The molecular weight excluding hydrogens is 408 g/mol. The number of nitrogens with one attached hydrogen (secondary N) is 1. The van der Waals surface area contributed by atoms with Gasteiger partial charge in [0.2, 0.25) is 5.91 Å². The molecule has 1 heterocycles. The number of thioether (sulfide) groups is 1. The first-order chi connectivity index (χ1) is 14.8. The Bertz CT molecular complexity index is 1070. The molecule has 0 bridgehead atoms. The van der Waals surface area contributed by atoms with E-state index in [9.17, 15) is 4.79 Å². The summed E-state index contributed by atoms with van der Waals surface area (Å²) in [5.41, 5.74) is 6.52. The number of ether oxygens (including phenoxy) is 1. The fraction of sp³-hybridized carbons (Fsp3) is 0.375. The van der Waals surface area contributed by atoms with Crippen LogP contribution >= 0.6 is 11.8 Å². The number of rotatable bonds is 8. The first kappa shape index (κ1) is 22.9. The van der Waals surface area contributed by atoms with E-state index < -0.39 is 0 Å². The molecule has 3 rings (SSSR count). The number of aromatic nitrogens is 3. The van der Waals surface area contributed by atoms with Crippen LogP contribution in [0.15, 0.2) is 35.5 Å². The molecule has 0 atom stereocenters. The maximum atomic E-state index is 12.5. The van der Waals surface area contributed by atoms with E-state index >= 15 is 0 Å². The zero-order valence-electron chi connectivity index (χ0n) is 19.1. The molecular formula is C24H30N4O2S. The molecule has 2 aromatic carbocycles. The van der Waals surface area contributed by atoms with Crippen LogP contribution in [0.2, 0.25) is 0 Å². The van der Waals surface area contributed by atoms with Crippen molar-refractivity contribution in [2.75, 3.05) is 11.1 Å². The van der Waals surface area contributed by atoms with Gasteiger partial charge in [0.1, 0.15) is 12.4 Å². The summed E-state index contributed by atoms with van der Waals surface area (Å²) in [5.74, 6) is 1.81. The van der Waals surface area contributed by atoms with Gasteiger partial charge < -0.3 is 14.6 Å². The largest absolute Gasteiger partial charge is 0.485 e. The predicted octanol–water partition coefficient (Wildman–Crippen LogP) is 5.15. The number of hydrogen-bond acceptors (Lipinski definition) is 5. The quantitative estimate of drug-likeness (QED) is 0.493. The third kappa shape index (κ3) is 5.47. The first-order valence-corrected chi connectivity index (χ1v) is 11.4. The Hall–Kier alpha value is -2.80. The van der Waals surface area contributed by atoms with Gasteiger partial charge in [0.25, 0.3) is 0 Å². The van der Waals surface area contributed by atoms with Crippen LogP contribution in [0.4, 0.5) is 5.69 Å². The minimum Gasteiger partial charge on any atom is -0.485 e. The van der Waals surface area contributed by atoms with E-state index in [2.05, 4.69) is 47.6 Å². The molecule has 0 aliphatic carbocycles. The molecule has 3 aromatic rings. The molecule has 0 fully saturated rings. The fourth-order valence-corrected chi connectivity index (χ4v) is 4.38. The van der Waals surface area contributed by atoms with E-state index in [0.29, 0.717) is 13.2 Å². The molecule has 0 unspecified atom stereocenters. The van der Waals surface area contributed by atoms with Gasteiger partial charge in [-0.25, -0.2) is 0 Å². The summed E-state index contributed by atoms with van der Waals surface area (Å²) in [7, 11) is 0. The summed E-state index contributed by atoms with van der Waals surface area (Å²) in [6.07, 6.45) is 0. The van der Waals surface area contributed by atoms with Crippen LogP contribution < -0.4 is 10.1 Å². The van der Waals surface area contributed by atoms with Crippen molar-refractivity contribution < 1.29 is 9.53 Å². The second-order valence-corrected chi connectivity index (χ2v) is 8.68. The van der Waals surface area contributed by atoms with Crippen molar-refractivity contribution in [2.24, 2.45) is 0 Å². The van der Waals surface area contributed by atoms with Gasteiger partial charge in [0, 0.05) is 12.2 Å². The Morgan fingerprint density at radius 3 is 2.45 bits per heavy atom. The third-order valence-electron chi connectivity index (χ3n) is 5.30. The van der Waals surface area contributed by atoms with E-state index in [-0.39, 0.29) is 11.7 Å². The lowest BCUT2D eigenvalue weighted by Crippen LogP contribution is -2.16. The molecule has 0 aliphatic rings. The summed E-state index contributed by atoms with van der Waals surface area (Å²) >= 11 is 1.38. The van der Waals surface area contributed by atoms with Crippen LogP contribution in [0.5, 0.6) is 5.75 Å². The minimum absolute atomic E-state index is 0.0566. The Morgan fingerprint density at radius 1 is 1.06 bits per heavy atom. The maximum absolute atomic E-state index is 12.5. The average Bonchev–Trinajstić information content (AvgIpc) is 3.12. The highest BCUT2D eigenvalue weighted by Gasteiger charge is 2.15. The number of carbonyl (C=O) groups excluding carboxylic acids is 1. The molecule has 7 heteroatoms. The highest BCUT2D eigenvalue weighted by atomic mass is 32.2. The molecule has 31 heavy (non-hydrogen) atoms. The lowest BCUT2D eigenvalue weighted by molar-refractivity contribution is -0.113. The smallest absolute Gasteiger partial charge is 0.234 e. The van der Waals surface area contributed by atoms with E-state index in [1.807, 2.05) is 44.4 Å². The van der Waals surface area contributed by atoms with Crippen LogP contribution in [0.1, 0.15) is 40.6 Å². The first-order valence-electron chi connectivity index (χ1n) is 10.4. The SMILES string of the molecule is CCn1c(COc2cccc(C)c2C)nnc1SCC(=O)Nc1c(C)cc(C)cc1C. The molecule has 164 valence electrons. The van der Waals surface area contributed by atoms with Crippen LogP contribution in [0.3, 0.4) is 0 Å². The summed E-state index contributed by atoms with van der Waals surface area (Å²) in [4.78, 5) is 12.5. The number of nitrogens with zero attached hydrogens (tertiary/aromatic N) is 3. The van der Waals surface area contributed by atoms with E-state index in [1.165, 1.54) is 22.9 Å². The summed E-state index contributed by atoms with van der Waals surface area (Å²) in [5, 5.41) is 12.3. The average molecular weight is 439 g/mol. The monoisotopic (exact) mass is 438 g/mol. The van der Waals surface area contributed by atoms with Crippen molar-refractivity contribution in [2.45, 2.75) is 59.9 Å². The summed E-state index contributed by atoms with van der Waals surface area (Å²) < 4.78 is 7.98. The number of benzene rings is 2. The molecule has 0 saturated heterocycles. The minimum atomic E-state index is -0.0566. The highest BCUT2D eigenvalue weighted by Crippen LogP contribution is 2.24. The summed E-state index contributed by atoms with van der Waals surface area (Å²) in [6, 6.07) is 10.2. The van der Waals surface area contributed by atoms with Gasteiger partial charge in [-0.2, -0.15) is 0 Å². The van der Waals surface area contributed by atoms with Gasteiger partial charge in [-0.05, 0) is 69.9 Å². The fourth-order valence-electron chi connectivity index (χ4n) is 3.56. The lowest BCUT2D eigenvalue weighted by Gasteiger charge is -2.13. The normalized spacial score (nSPS) is 10.9. The maximum Gasteiger partial charge on any atom is 0.234 e. The Balaban J connectivity index is 1.63. The molecule has 1 amide bonds. The zero-order valence-corrected chi connectivity index (χ0v) is 19.9. The topological polar surface area (TPSA) is 69.0 Å². The van der Waals surface area contributed by atoms with Gasteiger partial charge in [-0.15, -0.1) is 10.2 Å². The Labute approximate surface area is 188 Å². The van der Waals surface area contributed by atoms with Crippen LogP contribution in [0, 0.1) is 34.6 Å². The van der Waals surface area contributed by atoms with Crippen molar-refractivity contribution in [3.8, 4) is 5.75 Å². The second kappa shape index (κ2) is 10.0. The lowest BCUT2D eigenvalue weighted by atomic mass is 10.1. The molecule has 0 radical (unpaired) electrons. The van der Waals surface area contributed by atoms with Crippen molar-refractivity contribution in [1.82, 2.24) is 14.8 Å². The third-order valence-corrected chi connectivity index (χ3v) is 6.26. The van der Waals surface area contributed by atoms with Crippen LogP contribution in [0.25, 0.3) is 0 Å². The predicted molar refractivity (Wildman–Crippen MR) is 126 cm³/mol. The Morgan fingerprint density at radius 2 is 1.77 bits per heavy atom. The molecule has 0 spiro atoms. The summed E-state index contributed by atoms with van der Waals surface area (Å²) in [6.45, 7) is 13.3. The van der Waals surface area contributed by atoms with Gasteiger partial charge in [-0.3, -0.25) is 4.79 Å². The zero-order chi connectivity index (χ0) is 22.5. The van der Waals surface area contributed by atoms with Crippen molar-refractivity contribution in [1.29, 1.82) is 0 Å². The van der Waals surface area contributed by atoms with E-state index in [0.717, 1.165) is 39.1 Å². The molecule has 0 aliphatic heterocycles. The van der Waals surface area contributed by atoms with E-state index in [1.54, 1.807) is 0 Å².